The van der Waals surface area contributed by atoms with Gasteiger partial charge in [-0.15, -0.1) is 0 Å². The Labute approximate surface area is 92.3 Å². The third kappa shape index (κ3) is 3.54. The van der Waals surface area contributed by atoms with Crippen molar-refractivity contribution >= 4 is 5.78 Å². The first-order chi connectivity index (χ1) is 7.17. The zero-order chi connectivity index (χ0) is 11.3. The Morgan fingerprint density at radius 2 is 2.20 bits per heavy atom. The fraction of sp³-hybridized carbons (Fsp3) is 0.615. The Kier molecular flexibility index (Phi) is 4.60. The van der Waals surface area contributed by atoms with Crippen LogP contribution in [0.1, 0.15) is 50.4 Å². The van der Waals surface area contributed by atoms with E-state index in [0.717, 1.165) is 18.5 Å². The average Bonchev–Trinajstić information content (AvgIpc) is 2.66. The molecule has 1 rings (SSSR count). The highest BCUT2D eigenvalue weighted by atomic mass is 16.1. The summed E-state index contributed by atoms with van der Waals surface area (Å²) in [4.78, 5) is 11.6. The highest BCUT2D eigenvalue weighted by molar-refractivity contribution is 5.95. The lowest BCUT2D eigenvalue weighted by Crippen LogP contribution is -2.04. The van der Waals surface area contributed by atoms with Crippen molar-refractivity contribution in [3.63, 3.8) is 0 Å². The molecule has 0 aliphatic heterocycles. The van der Waals surface area contributed by atoms with E-state index in [4.69, 9.17) is 0 Å². The third-order valence-corrected chi connectivity index (χ3v) is 2.77. The number of nitrogens with zero attached hydrogens (tertiary/aromatic N) is 1. The van der Waals surface area contributed by atoms with Crippen LogP contribution in [0.3, 0.4) is 0 Å². The smallest absolute Gasteiger partial charge is 0.164 e. The van der Waals surface area contributed by atoms with Crippen molar-refractivity contribution in [3.8, 4) is 0 Å². The van der Waals surface area contributed by atoms with Crippen molar-refractivity contribution in [2.24, 2.45) is 5.92 Å². The van der Waals surface area contributed by atoms with Gasteiger partial charge < -0.3 is 4.57 Å². The lowest BCUT2D eigenvalue weighted by molar-refractivity contribution is 0.0981. The number of hydrogen-bond acceptors (Lipinski definition) is 1. The average molecular weight is 207 g/mol. The van der Waals surface area contributed by atoms with E-state index in [1.165, 1.54) is 6.42 Å². The van der Waals surface area contributed by atoms with Gasteiger partial charge in [0, 0.05) is 30.9 Å². The molecular formula is C13H21NO. The van der Waals surface area contributed by atoms with Crippen LogP contribution in [0.15, 0.2) is 18.5 Å². The van der Waals surface area contributed by atoms with Crippen LogP contribution in [-0.4, -0.2) is 10.4 Å². The van der Waals surface area contributed by atoms with E-state index in [9.17, 15) is 4.79 Å². The number of ketones is 1. The van der Waals surface area contributed by atoms with E-state index >= 15 is 0 Å². The largest absolute Gasteiger partial charge is 0.353 e. The van der Waals surface area contributed by atoms with Gasteiger partial charge in [0.1, 0.15) is 0 Å². The van der Waals surface area contributed by atoms with Crippen molar-refractivity contribution in [2.45, 2.75) is 46.6 Å². The minimum atomic E-state index is 0.264. The minimum absolute atomic E-state index is 0.264. The summed E-state index contributed by atoms with van der Waals surface area (Å²) in [5, 5.41) is 0. The second kappa shape index (κ2) is 5.74. The molecule has 1 aromatic rings. The van der Waals surface area contributed by atoms with Gasteiger partial charge in [-0.2, -0.15) is 0 Å². The maximum Gasteiger partial charge on any atom is 0.164 e. The minimum Gasteiger partial charge on any atom is -0.353 e. The quantitative estimate of drug-likeness (QED) is 0.654. The molecule has 0 N–H and O–H groups in total. The van der Waals surface area contributed by atoms with Crippen molar-refractivity contribution in [3.05, 3.63) is 24.0 Å². The number of carbonyl (C=O) groups is 1. The molecule has 1 aromatic heterocycles. The van der Waals surface area contributed by atoms with Crippen LogP contribution >= 0.6 is 0 Å². The maximum atomic E-state index is 11.6. The second-order valence-electron chi connectivity index (χ2n) is 4.28. The molecule has 1 heterocycles. The summed E-state index contributed by atoms with van der Waals surface area (Å²) in [5.41, 5.74) is 0.861. The molecule has 0 aliphatic rings. The first-order valence-corrected chi connectivity index (χ1v) is 5.86. The number of aromatic nitrogens is 1. The predicted molar refractivity (Wildman–Crippen MR) is 63.1 cm³/mol. The van der Waals surface area contributed by atoms with Gasteiger partial charge in [-0.3, -0.25) is 4.79 Å². The molecule has 0 bridgehead atoms. The molecule has 0 saturated carbocycles. The lowest BCUT2D eigenvalue weighted by atomic mass is 10.1. The molecule has 0 amide bonds. The molecule has 0 fully saturated rings. The first-order valence-electron chi connectivity index (χ1n) is 5.86. The monoisotopic (exact) mass is 207 g/mol. The molecule has 1 atom stereocenters. The van der Waals surface area contributed by atoms with Gasteiger partial charge in [-0.25, -0.2) is 0 Å². The Bertz CT molecular complexity index is 314. The first kappa shape index (κ1) is 12.0. The zero-order valence-corrected chi connectivity index (χ0v) is 9.99. The van der Waals surface area contributed by atoms with Crippen molar-refractivity contribution in [2.75, 3.05) is 0 Å². The zero-order valence-electron chi connectivity index (χ0n) is 9.99. The van der Waals surface area contributed by atoms with Gasteiger partial charge in [0.05, 0.1) is 0 Å². The molecule has 1 unspecified atom stereocenters. The van der Waals surface area contributed by atoms with Gasteiger partial charge >= 0.3 is 0 Å². The van der Waals surface area contributed by atoms with Crippen LogP contribution in [-0.2, 0) is 6.54 Å². The molecule has 2 heteroatoms. The van der Waals surface area contributed by atoms with Crippen molar-refractivity contribution < 1.29 is 4.79 Å². The standard InChI is InChI=1S/C13H21NO/c1-4-6-13(15)12-7-8-14(10-12)9-11(3)5-2/h7-8,10-11H,4-6,9H2,1-3H3. The summed E-state index contributed by atoms with van der Waals surface area (Å²) in [6.07, 6.45) is 6.75. The number of rotatable bonds is 6. The Balaban J connectivity index is 2.59. The number of carbonyl (C=O) groups excluding carboxylic acids is 1. The summed E-state index contributed by atoms with van der Waals surface area (Å²) in [5.74, 6) is 0.937. The van der Waals surface area contributed by atoms with E-state index in [1.807, 2.05) is 25.4 Å². The summed E-state index contributed by atoms with van der Waals surface area (Å²) < 4.78 is 2.12. The molecule has 0 aromatic carbocycles. The Morgan fingerprint density at radius 3 is 2.80 bits per heavy atom. The van der Waals surface area contributed by atoms with E-state index in [-0.39, 0.29) is 5.78 Å². The van der Waals surface area contributed by atoms with Crippen molar-refractivity contribution in [1.82, 2.24) is 4.57 Å². The van der Waals surface area contributed by atoms with Crippen LogP contribution in [0.2, 0.25) is 0 Å². The maximum absolute atomic E-state index is 11.6. The molecule has 2 nitrogen and oxygen atoms in total. The highest BCUT2D eigenvalue weighted by Gasteiger charge is 2.07. The van der Waals surface area contributed by atoms with E-state index < -0.39 is 0 Å². The summed E-state index contributed by atoms with van der Waals surface area (Å²) >= 11 is 0. The Hall–Kier alpha value is -1.05. The second-order valence-corrected chi connectivity index (χ2v) is 4.28. The number of hydrogen-bond donors (Lipinski definition) is 0. The van der Waals surface area contributed by atoms with Gasteiger partial charge in [-0.05, 0) is 18.4 Å². The van der Waals surface area contributed by atoms with Crippen molar-refractivity contribution in [1.29, 1.82) is 0 Å². The van der Waals surface area contributed by atoms with Crippen LogP contribution in [0.25, 0.3) is 0 Å². The Morgan fingerprint density at radius 1 is 1.47 bits per heavy atom. The molecule has 0 radical (unpaired) electrons. The molecule has 0 aliphatic carbocycles. The molecule has 0 saturated heterocycles. The normalized spacial score (nSPS) is 12.7. The summed E-state index contributed by atoms with van der Waals surface area (Å²) in [6, 6.07) is 1.93. The van der Waals surface area contributed by atoms with Gasteiger partial charge in [0.2, 0.25) is 0 Å². The fourth-order valence-corrected chi connectivity index (χ4v) is 1.58. The fourth-order valence-electron chi connectivity index (χ4n) is 1.58. The molecule has 84 valence electrons. The highest BCUT2D eigenvalue weighted by Crippen LogP contribution is 2.10. The lowest BCUT2D eigenvalue weighted by Gasteiger charge is -2.08. The number of Topliss-reactive ketones (excluding diaryl/α,β-unsaturated/α-hetero) is 1. The summed E-state index contributed by atoms with van der Waals surface area (Å²) in [7, 11) is 0. The van der Waals surface area contributed by atoms with Crippen LogP contribution < -0.4 is 0 Å². The van der Waals surface area contributed by atoms with Gasteiger partial charge in [0.15, 0.2) is 5.78 Å². The van der Waals surface area contributed by atoms with Crippen LogP contribution in [0.5, 0.6) is 0 Å². The third-order valence-electron chi connectivity index (χ3n) is 2.77. The SMILES string of the molecule is CCCC(=O)c1ccn(CC(C)CC)c1. The molecule has 15 heavy (non-hydrogen) atoms. The van der Waals surface area contributed by atoms with E-state index in [0.29, 0.717) is 12.3 Å². The molecule has 0 spiro atoms. The van der Waals surface area contributed by atoms with E-state index in [1.54, 1.807) is 0 Å². The van der Waals surface area contributed by atoms with Gasteiger partial charge in [0.25, 0.3) is 0 Å². The van der Waals surface area contributed by atoms with Gasteiger partial charge in [-0.1, -0.05) is 27.2 Å². The molecular weight excluding hydrogens is 186 g/mol. The van der Waals surface area contributed by atoms with Crippen LogP contribution in [0, 0.1) is 5.92 Å². The van der Waals surface area contributed by atoms with Crippen LogP contribution in [0.4, 0.5) is 0 Å². The topological polar surface area (TPSA) is 22.0 Å². The van der Waals surface area contributed by atoms with E-state index in [2.05, 4.69) is 18.4 Å². The summed E-state index contributed by atoms with van der Waals surface area (Å²) in [6.45, 7) is 7.47. The predicted octanol–water partition coefficient (Wildman–Crippen LogP) is 3.52.